The lowest BCUT2D eigenvalue weighted by molar-refractivity contribution is -0.120. The zero-order chi connectivity index (χ0) is 38.2. The van der Waals surface area contributed by atoms with Gasteiger partial charge in [-0.1, -0.05) is 12.1 Å². The molecule has 6 heterocycles. The number of rotatable bonds is 8. The predicted molar refractivity (Wildman–Crippen MR) is 224 cm³/mol. The Morgan fingerprint density at radius 3 is 2.38 bits per heavy atom. The number of urea groups is 1. The Kier molecular flexibility index (Phi) is 9.80. The summed E-state index contributed by atoms with van der Waals surface area (Å²) >= 11 is 0. The van der Waals surface area contributed by atoms with Crippen LogP contribution in [0.4, 0.5) is 39.0 Å². The maximum absolute atomic E-state index is 12.4. The van der Waals surface area contributed by atoms with Gasteiger partial charge in [-0.25, -0.2) is 14.8 Å². The normalized spacial score (nSPS) is 18.0. The van der Waals surface area contributed by atoms with E-state index in [-0.39, 0.29) is 11.9 Å². The number of benzene rings is 3. The highest BCUT2D eigenvalue weighted by Crippen LogP contribution is 2.37. The van der Waals surface area contributed by atoms with Crippen LogP contribution in [-0.4, -0.2) is 92.3 Å². The Morgan fingerprint density at radius 1 is 0.804 bits per heavy atom. The van der Waals surface area contributed by atoms with E-state index in [9.17, 15) is 9.59 Å². The third kappa shape index (κ3) is 7.40. The number of fused-ring (bicyclic) bond motifs is 2. The highest BCUT2D eigenvalue weighted by molar-refractivity contribution is 6.06. The molecule has 3 amide bonds. The molecule has 0 spiro atoms. The molecule has 2 aromatic heterocycles. The minimum Gasteiger partial charge on any atom is -0.474 e. The molecule has 3 saturated heterocycles. The van der Waals surface area contributed by atoms with Gasteiger partial charge in [0.1, 0.15) is 18.1 Å². The molecule has 0 unspecified atom stereocenters. The summed E-state index contributed by atoms with van der Waals surface area (Å²) in [6.07, 6.45) is 6.53. The summed E-state index contributed by atoms with van der Waals surface area (Å²) < 4.78 is 5.73. The SMILES string of the molecule is Cc1cc(N2CCC(CN3CCN(c4ccc(Nc5cc6cc(-c7cnc8c(c7C)NCCO8)ccc6cn5)cc4)CC3)CC2)ccc1N1CCC(=O)NC1=O. The second kappa shape index (κ2) is 15.3. The molecule has 3 fully saturated rings. The lowest BCUT2D eigenvalue weighted by Gasteiger charge is -2.40. The Labute approximate surface area is 327 Å². The van der Waals surface area contributed by atoms with Crippen molar-refractivity contribution in [1.29, 1.82) is 0 Å². The van der Waals surface area contributed by atoms with Crippen LogP contribution in [0.2, 0.25) is 0 Å². The number of carbonyl (C=O) groups is 2. The quantitative estimate of drug-likeness (QED) is 0.154. The number of anilines is 6. The molecule has 12 heteroatoms. The summed E-state index contributed by atoms with van der Waals surface area (Å²) in [6.45, 7) is 13.4. The third-order valence-corrected chi connectivity index (χ3v) is 11.9. The van der Waals surface area contributed by atoms with Crippen LogP contribution in [0, 0.1) is 19.8 Å². The van der Waals surface area contributed by atoms with E-state index in [1.165, 1.54) is 24.2 Å². The van der Waals surface area contributed by atoms with Gasteiger partial charge in [-0.3, -0.25) is 19.9 Å². The van der Waals surface area contributed by atoms with Crippen LogP contribution in [0.25, 0.3) is 21.9 Å². The molecule has 3 aromatic carbocycles. The van der Waals surface area contributed by atoms with Gasteiger partial charge in [0, 0.05) is 111 Å². The van der Waals surface area contributed by atoms with Crippen molar-refractivity contribution in [2.75, 3.05) is 90.8 Å². The number of amides is 3. The van der Waals surface area contributed by atoms with Crippen LogP contribution in [0.1, 0.15) is 30.4 Å². The zero-order valence-corrected chi connectivity index (χ0v) is 32.2. The average Bonchev–Trinajstić information content (AvgIpc) is 3.22. The van der Waals surface area contributed by atoms with Crippen molar-refractivity contribution in [1.82, 2.24) is 20.2 Å². The van der Waals surface area contributed by atoms with Gasteiger partial charge in [-0.05, 0) is 109 Å². The Morgan fingerprint density at radius 2 is 1.59 bits per heavy atom. The fraction of sp³-hybridized carbons (Fsp3) is 0.364. The molecule has 288 valence electrons. The number of ether oxygens (including phenoxy) is 1. The number of aromatic nitrogens is 2. The van der Waals surface area contributed by atoms with E-state index in [1.807, 2.05) is 25.4 Å². The van der Waals surface area contributed by atoms with Crippen LogP contribution in [-0.2, 0) is 4.79 Å². The van der Waals surface area contributed by atoms with Crippen LogP contribution in [0.15, 0.2) is 79.1 Å². The molecule has 56 heavy (non-hydrogen) atoms. The fourth-order valence-corrected chi connectivity index (χ4v) is 8.65. The molecular weight excluding hydrogens is 703 g/mol. The molecule has 0 atom stereocenters. The molecule has 9 rings (SSSR count). The molecule has 12 nitrogen and oxygen atoms in total. The molecule has 5 aromatic rings. The monoisotopic (exact) mass is 751 g/mol. The van der Waals surface area contributed by atoms with Crippen LogP contribution in [0.5, 0.6) is 5.88 Å². The van der Waals surface area contributed by atoms with E-state index in [0.29, 0.717) is 31.4 Å². The van der Waals surface area contributed by atoms with E-state index in [4.69, 9.17) is 9.72 Å². The van der Waals surface area contributed by atoms with Gasteiger partial charge < -0.3 is 25.2 Å². The first-order valence-electron chi connectivity index (χ1n) is 19.9. The smallest absolute Gasteiger partial charge is 0.328 e. The molecule has 0 radical (unpaired) electrons. The van der Waals surface area contributed by atoms with Gasteiger partial charge in [0.05, 0.1) is 0 Å². The summed E-state index contributed by atoms with van der Waals surface area (Å²) in [5.74, 6) is 1.98. The molecule has 4 aliphatic rings. The van der Waals surface area contributed by atoms with Crippen LogP contribution in [0.3, 0.4) is 0 Å². The first-order chi connectivity index (χ1) is 27.3. The lowest BCUT2D eigenvalue weighted by Crippen LogP contribution is -2.49. The minimum absolute atomic E-state index is 0.208. The van der Waals surface area contributed by atoms with Crippen LogP contribution >= 0.6 is 0 Å². The molecule has 0 aliphatic carbocycles. The van der Waals surface area contributed by atoms with Crippen LogP contribution < -0.4 is 35.4 Å². The number of hydrogen-bond acceptors (Lipinski definition) is 10. The molecule has 0 saturated carbocycles. The van der Waals surface area contributed by atoms with Crippen molar-refractivity contribution in [3.8, 4) is 17.0 Å². The van der Waals surface area contributed by atoms with E-state index in [2.05, 4.69) is 103 Å². The summed E-state index contributed by atoms with van der Waals surface area (Å²) in [6, 6.07) is 23.3. The number of nitrogens with one attached hydrogen (secondary N) is 3. The first kappa shape index (κ1) is 35.8. The summed E-state index contributed by atoms with van der Waals surface area (Å²) in [7, 11) is 0. The van der Waals surface area contributed by atoms with E-state index >= 15 is 0 Å². The number of pyridine rings is 2. The fourth-order valence-electron chi connectivity index (χ4n) is 8.65. The van der Waals surface area contributed by atoms with Crippen molar-refractivity contribution in [2.45, 2.75) is 33.1 Å². The standard InChI is InChI=1S/C44H49N9O3/c1-29-23-37(9-10-39(29)53-17-13-41(54)49-44(53)55)51-15-11-31(12-16-51)28-50-18-20-52(21-19-50)36-7-5-35(6-8-36)48-40-25-34-24-32(3-4-33(34)26-46-40)38-27-47-43-42(30(38)2)45-14-22-56-43/h3-10,23-27,31,45H,11-22,28H2,1-2H3,(H,46,48)(H,49,54,55). The second-order valence-corrected chi connectivity index (χ2v) is 15.5. The maximum atomic E-state index is 12.4. The number of carbonyl (C=O) groups excluding carboxylic acids is 2. The second-order valence-electron chi connectivity index (χ2n) is 15.5. The number of piperidine rings is 1. The topological polar surface area (TPSA) is 118 Å². The zero-order valence-electron chi connectivity index (χ0n) is 32.2. The molecule has 4 aliphatic heterocycles. The van der Waals surface area contributed by atoms with E-state index < -0.39 is 0 Å². The van der Waals surface area contributed by atoms with Crippen molar-refractivity contribution in [3.05, 3.63) is 90.3 Å². The van der Waals surface area contributed by atoms with Gasteiger partial charge in [0.25, 0.3) is 0 Å². The lowest BCUT2D eigenvalue weighted by atomic mass is 9.95. The molecule has 0 bridgehead atoms. The minimum atomic E-state index is -0.334. The number of nitrogens with zero attached hydrogens (tertiary/aromatic N) is 6. The number of aryl methyl sites for hydroxylation is 1. The number of piperazine rings is 1. The largest absolute Gasteiger partial charge is 0.474 e. The summed E-state index contributed by atoms with van der Waals surface area (Å²) in [4.78, 5) is 42.5. The van der Waals surface area contributed by atoms with Gasteiger partial charge in [0.15, 0.2) is 0 Å². The molecule has 3 N–H and O–H groups in total. The Bertz CT molecular complexity index is 2260. The van der Waals surface area contributed by atoms with Gasteiger partial charge >= 0.3 is 6.03 Å². The summed E-state index contributed by atoms with van der Waals surface area (Å²) in [5, 5.41) is 11.6. The Balaban J connectivity index is 0.755. The number of hydrogen-bond donors (Lipinski definition) is 3. The van der Waals surface area contributed by atoms with E-state index in [0.717, 1.165) is 108 Å². The van der Waals surface area contributed by atoms with E-state index in [1.54, 1.807) is 4.90 Å². The van der Waals surface area contributed by atoms with Crippen molar-refractivity contribution < 1.29 is 14.3 Å². The maximum Gasteiger partial charge on any atom is 0.328 e. The van der Waals surface area contributed by atoms with Crippen molar-refractivity contribution in [3.63, 3.8) is 0 Å². The molecular formula is C44H49N9O3. The third-order valence-electron chi connectivity index (χ3n) is 11.9. The number of imide groups is 1. The first-order valence-corrected chi connectivity index (χ1v) is 19.9. The highest BCUT2D eigenvalue weighted by atomic mass is 16.5. The van der Waals surface area contributed by atoms with Crippen molar-refractivity contribution in [2.24, 2.45) is 5.92 Å². The summed E-state index contributed by atoms with van der Waals surface area (Å²) in [5.41, 5.74) is 9.73. The average molecular weight is 752 g/mol. The van der Waals surface area contributed by atoms with Gasteiger partial charge in [0.2, 0.25) is 11.8 Å². The van der Waals surface area contributed by atoms with Gasteiger partial charge in [-0.2, -0.15) is 0 Å². The highest BCUT2D eigenvalue weighted by Gasteiger charge is 2.27. The van der Waals surface area contributed by atoms with Crippen molar-refractivity contribution >= 4 is 57.0 Å². The van der Waals surface area contributed by atoms with Gasteiger partial charge in [-0.15, -0.1) is 0 Å². The predicted octanol–water partition coefficient (Wildman–Crippen LogP) is 6.95. The Hall–Kier alpha value is -5.88.